The van der Waals surface area contributed by atoms with Crippen LogP contribution in [0.5, 0.6) is 0 Å². The fourth-order valence-electron chi connectivity index (χ4n) is 2.41. The molecule has 0 unspecified atom stereocenters. The predicted octanol–water partition coefficient (Wildman–Crippen LogP) is 1.87. The number of carbonyl (C=O) groups excluding carboxylic acids is 1. The van der Waals surface area contributed by atoms with Crippen molar-refractivity contribution in [2.24, 2.45) is 0 Å². The summed E-state index contributed by atoms with van der Waals surface area (Å²) in [6.07, 6.45) is 2.01. The number of fused-ring (bicyclic) bond motifs is 1. The fraction of sp³-hybridized carbons (Fsp3) is 0.214. The van der Waals surface area contributed by atoms with Gasteiger partial charge in [-0.2, -0.15) is 0 Å². The molecular formula is C14H13N3O3S. The van der Waals surface area contributed by atoms with Crippen LogP contribution in [0.3, 0.4) is 0 Å². The number of para-hydroxylation sites is 1. The summed E-state index contributed by atoms with van der Waals surface area (Å²) >= 11 is 1.44. The van der Waals surface area contributed by atoms with E-state index in [1.807, 2.05) is 12.1 Å². The van der Waals surface area contributed by atoms with Gasteiger partial charge in [-0.3, -0.25) is 9.88 Å². The lowest BCUT2D eigenvalue weighted by Gasteiger charge is -2.22. The third kappa shape index (κ3) is 2.59. The molecule has 0 bridgehead atoms. The van der Waals surface area contributed by atoms with Gasteiger partial charge in [0.15, 0.2) is 0 Å². The Morgan fingerprint density at radius 1 is 1.43 bits per heavy atom. The highest BCUT2D eigenvalue weighted by atomic mass is 32.1. The van der Waals surface area contributed by atoms with Crippen LogP contribution in [-0.2, 0) is 17.8 Å². The Morgan fingerprint density at radius 2 is 2.24 bits per heavy atom. The number of anilines is 1. The van der Waals surface area contributed by atoms with Crippen molar-refractivity contribution >= 4 is 29.0 Å². The maximum absolute atomic E-state index is 12.4. The van der Waals surface area contributed by atoms with Crippen molar-refractivity contribution in [1.82, 2.24) is 10.3 Å². The Kier molecular flexibility index (Phi) is 3.57. The number of amides is 2. The maximum Gasteiger partial charge on any atom is 0.327 e. The van der Waals surface area contributed by atoms with Crippen molar-refractivity contribution in [2.75, 3.05) is 4.90 Å². The number of nitrogens with zero attached hydrogens (tertiary/aromatic N) is 2. The number of hydrogen-bond acceptors (Lipinski definition) is 4. The molecule has 108 valence electrons. The third-order valence-electron chi connectivity index (χ3n) is 3.38. The van der Waals surface area contributed by atoms with E-state index >= 15 is 0 Å². The number of aromatic nitrogens is 1. The van der Waals surface area contributed by atoms with Crippen LogP contribution in [0.1, 0.15) is 10.4 Å². The number of nitrogens with one attached hydrogen (secondary N) is 1. The minimum Gasteiger partial charge on any atom is -0.480 e. The number of benzene rings is 1. The zero-order valence-corrected chi connectivity index (χ0v) is 11.8. The quantitative estimate of drug-likeness (QED) is 0.907. The number of hydrogen-bond donors (Lipinski definition) is 2. The van der Waals surface area contributed by atoms with E-state index in [9.17, 15) is 14.7 Å². The van der Waals surface area contributed by atoms with E-state index < -0.39 is 18.0 Å². The Balaban J connectivity index is 1.80. The molecule has 2 N–H and O–H groups in total. The number of rotatable bonds is 3. The molecule has 1 aromatic heterocycles. The molecule has 6 nitrogen and oxygen atoms in total. The van der Waals surface area contributed by atoms with Gasteiger partial charge in [0.1, 0.15) is 6.04 Å². The first-order valence-corrected chi connectivity index (χ1v) is 7.30. The average molecular weight is 303 g/mol. The van der Waals surface area contributed by atoms with Crippen molar-refractivity contribution in [3.8, 4) is 0 Å². The normalized spacial score (nSPS) is 16.6. The van der Waals surface area contributed by atoms with Gasteiger partial charge in [0.2, 0.25) is 0 Å². The molecule has 2 aromatic rings. The lowest BCUT2D eigenvalue weighted by molar-refractivity contribution is -0.138. The molecule has 0 spiro atoms. The van der Waals surface area contributed by atoms with Crippen LogP contribution in [0, 0.1) is 0 Å². The number of carboxylic acids is 1. The smallest absolute Gasteiger partial charge is 0.327 e. The monoisotopic (exact) mass is 303 g/mol. The molecule has 1 atom stereocenters. The highest BCUT2D eigenvalue weighted by Gasteiger charge is 2.38. The Hall–Kier alpha value is -2.41. The highest BCUT2D eigenvalue weighted by Crippen LogP contribution is 2.32. The van der Waals surface area contributed by atoms with Crippen LogP contribution in [0.25, 0.3) is 0 Å². The molecule has 21 heavy (non-hydrogen) atoms. The summed E-state index contributed by atoms with van der Waals surface area (Å²) in [5.41, 5.74) is 3.22. The van der Waals surface area contributed by atoms with Gasteiger partial charge < -0.3 is 10.4 Å². The van der Waals surface area contributed by atoms with Crippen LogP contribution < -0.4 is 10.2 Å². The van der Waals surface area contributed by atoms with E-state index in [4.69, 9.17) is 0 Å². The Morgan fingerprint density at radius 3 is 2.95 bits per heavy atom. The second-order valence-corrected chi connectivity index (χ2v) is 5.65. The van der Waals surface area contributed by atoms with Crippen molar-refractivity contribution < 1.29 is 14.7 Å². The van der Waals surface area contributed by atoms with Crippen LogP contribution in [-0.4, -0.2) is 28.1 Å². The van der Waals surface area contributed by atoms with Gasteiger partial charge in [-0.25, -0.2) is 9.59 Å². The second-order valence-electron chi connectivity index (χ2n) is 4.68. The number of thiazole rings is 1. The maximum atomic E-state index is 12.4. The van der Waals surface area contributed by atoms with E-state index in [-0.39, 0.29) is 0 Å². The van der Waals surface area contributed by atoms with Crippen molar-refractivity contribution in [1.29, 1.82) is 0 Å². The summed E-state index contributed by atoms with van der Waals surface area (Å²) in [4.78, 5) is 29.9. The van der Waals surface area contributed by atoms with E-state index in [0.717, 1.165) is 10.4 Å². The van der Waals surface area contributed by atoms with Crippen molar-refractivity contribution in [3.63, 3.8) is 0 Å². The summed E-state index contributed by atoms with van der Waals surface area (Å²) in [5, 5.41) is 12.1. The first-order chi connectivity index (χ1) is 10.2. The molecule has 0 saturated heterocycles. The van der Waals surface area contributed by atoms with E-state index in [2.05, 4.69) is 10.3 Å². The molecular weight excluding hydrogens is 290 g/mol. The molecule has 1 aromatic carbocycles. The summed E-state index contributed by atoms with van der Waals surface area (Å²) in [7, 11) is 0. The van der Waals surface area contributed by atoms with Crippen LogP contribution >= 0.6 is 11.3 Å². The fourth-order valence-corrected chi connectivity index (χ4v) is 2.95. The summed E-state index contributed by atoms with van der Waals surface area (Å²) in [6, 6.07) is 6.00. The van der Waals surface area contributed by atoms with Crippen LogP contribution in [0.2, 0.25) is 0 Å². The van der Waals surface area contributed by atoms with Gasteiger partial charge in [-0.1, -0.05) is 18.2 Å². The Labute approximate surface area is 125 Å². The molecule has 1 aliphatic rings. The molecule has 7 heteroatoms. The van der Waals surface area contributed by atoms with Gasteiger partial charge in [-0.05, 0) is 11.6 Å². The third-order valence-corrected chi connectivity index (χ3v) is 4.16. The van der Waals surface area contributed by atoms with E-state index in [0.29, 0.717) is 18.7 Å². The number of carbonyl (C=O) groups is 2. The molecule has 2 heterocycles. The minimum absolute atomic E-state index is 0.333. The number of carboxylic acid groups (broad SMARTS) is 1. The molecule has 0 aliphatic carbocycles. The van der Waals surface area contributed by atoms with E-state index in [1.54, 1.807) is 23.8 Å². The highest BCUT2D eigenvalue weighted by molar-refractivity contribution is 7.09. The van der Waals surface area contributed by atoms with Gasteiger partial charge in [0.25, 0.3) is 0 Å². The van der Waals surface area contributed by atoms with Gasteiger partial charge in [-0.15, -0.1) is 11.3 Å². The predicted molar refractivity (Wildman–Crippen MR) is 78.4 cm³/mol. The standard InChI is InChI=1S/C14H13N3O3S/c18-13(19)12-5-9-3-1-2-4-11(9)17(12)14(20)16-7-10-6-15-8-21-10/h1-4,6,8,12H,5,7H2,(H,16,20)(H,18,19)/t12-/m0/s1. The molecule has 3 rings (SSSR count). The van der Waals surface area contributed by atoms with Crippen molar-refractivity contribution in [2.45, 2.75) is 19.0 Å². The first-order valence-electron chi connectivity index (χ1n) is 6.42. The lowest BCUT2D eigenvalue weighted by Crippen LogP contribution is -2.47. The zero-order chi connectivity index (χ0) is 14.8. The van der Waals surface area contributed by atoms with Gasteiger partial charge >= 0.3 is 12.0 Å². The van der Waals surface area contributed by atoms with Crippen LogP contribution in [0.15, 0.2) is 36.0 Å². The first kappa shape index (κ1) is 13.6. The average Bonchev–Trinajstić information content (AvgIpc) is 3.11. The summed E-state index contributed by atoms with van der Waals surface area (Å²) in [6.45, 7) is 0.342. The Bertz CT molecular complexity index is 672. The largest absolute Gasteiger partial charge is 0.480 e. The minimum atomic E-state index is -1.00. The van der Waals surface area contributed by atoms with Crippen molar-refractivity contribution in [3.05, 3.63) is 46.4 Å². The molecule has 2 amide bonds. The summed E-state index contributed by atoms with van der Waals surface area (Å²) in [5.74, 6) is -1.00. The molecule has 0 fully saturated rings. The van der Waals surface area contributed by atoms with Crippen LogP contribution in [0.4, 0.5) is 10.5 Å². The zero-order valence-electron chi connectivity index (χ0n) is 11.0. The topological polar surface area (TPSA) is 82.5 Å². The lowest BCUT2D eigenvalue weighted by atomic mass is 10.1. The second kappa shape index (κ2) is 5.53. The SMILES string of the molecule is O=C(O)[C@@H]1Cc2ccccc2N1C(=O)NCc1cncs1. The summed E-state index contributed by atoms with van der Waals surface area (Å²) < 4.78 is 0. The number of aliphatic carboxylic acids is 1. The van der Waals surface area contributed by atoms with Gasteiger partial charge in [0.05, 0.1) is 12.1 Å². The molecule has 0 radical (unpaired) electrons. The molecule has 1 aliphatic heterocycles. The van der Waals surface area contributed by atoms with E-state index in [1.165, 1.54) is 16.2 Å². The van der Waals surface area contributed by atoms with Gasteiger partial charge in [0, 0.05) is 23.2 Å². The number of urea groups is 1. The molecule has 0 saturated carbocycles.